The topological polar surface area (TPSA) is 61.8 Å². The summed E-state index contributed by atoms with van der Waals surface area (Å²) in [7, 11) is 0. The van der Waals surface area contributed by atoms with E-state index >= 15 is 0 Å². The third-order valence-electron chi connectivity index (χ3n) is 5.56. The van der Waals surface area contributed by atoms with E-state index < -0.39 is 5.92 Å². The molecular weight excluding hydrogens is 368 g/mol. The Kier molecular flexibility index (Phi) is 3.23. The van der Waals surface area contributed by atoms with Crippen LogP contribution in [0.15, 0.2) is 78.1 Å². The number of carbonyl (C=O) groups excluding carboxylic acids is 2. The van der Waals surface area contributed by atoms with Gasteiger partial charge in [0.2, 0.25) is 12.6 Å². The Balaban J connectivity index is 1.63. The van der Waals surface area contributed by atoms with Crippen LogP contribution in [0, 0.1) is 0 Å². The lowest BCUT2D eigenvalue weighted by molar-refractivity contribution is 0.0927. The largest absolute Gasteiger partial charge is 0.454 e. The van der Waals surface area contributed by atoms with Crippen LogP contribution in [-0.4, -0.2) is 18.4 Å². The van der Waals surface area contributed by atoms with Crippen LogP contribution in [0.3, 0.4) is 0 Å². The molecule has 3 aliphatic rings. The van der Waals surface area contributed by atoms with E-state index in [2.05, 4.69) is 0 Å². The summed E-state index contributed by atoms with van der Waals surface area (Å²) in [6.45, 7) is 0.130. The number of carbonyl (C=O) groups is 2. The summed E-state index contributed by atoms with van der Waals surface area (Å²) in [5.41, 5.74) is 2.83. The van der Waals surface area contributed by atoms with E-state index in [9.17, 15) is 9.59 Å². The number of hydrogen-bond donors (Lipinski definition) is 0. The van der Waals surface area contributed by atoms with E-state index in [1.807, 2.05) is 36.4 Å². The van der Waals surface area contributed by atoms with Gasteiger partial charge in [-0.3, -0.25) is 9.59 Å². The molecule has 5 heteroatoms. The van der Waals surface area contributed by atoms with Gasteiger partial charge in [-0.05, 0) is 11.6 Å². The van der Waals surface area contributed by atoms with Crippen molar-refractivity contribution in [2.45, 2.75) is 5.92 Å². The van der Waals surface area contributed by atoms with Gasteiger partial charge in [-0.2, -0.15) is 0 Å². The van der Waals surface area contributed by atoms with E-state index in [1.54, 1.807) is 30.3 Å². The van der Waals surface area contributed by atoms with Crippen LogP contribution in [0.1, 0.15) is 37.8 Å². The highest BCUT2D eigenvalue weighted by Crippen LogP contribution is 2.50. The van der Waals surface area contributed by atoms with Gasteiger partial charge in [0.05, 0.1) is 5.57 Å². The first-order valence-electron chi connectivity index (χ1n) is 9.31. The maximum atomic E-state index is 13.5. The van der Waals surface area contributed by atoms with E-state index in [-0.39, 0.29) is 24.1 Å². The van der Waals surface area contributed by atoms with E-state index in [0.29, 0.717) is 33.9 Å². The van der Waals surface area contributed by atoms with E-state index in [4.69, 9.17) is 14.2 Å². The standard InChI is InChI=1S/C24H14O5/c25-22-14-8-4-5-9-15(14)23(26)24-21(22)20(13-6-2-1-3-7-13)16-10-18-19(28-12-27-18)11-17(16)29-24/h1-11,20H,12H2. The van der Waals surface area contributed by atoms with Crippen molar-refractivity contribution in [3.8, 4) is 17.2 Å². The summed E-state index contributed by atoms with van der Waals surface area (Å²) in [4.78, 5) is 26.7. The lowest BCUT2D eigenvalue weighted by Gasteiger charge is -2.32. The molecule has 140 valence electrons. The van der Waals surface area contributed by atoms with Crippen LogP contribution in [0.4, 0.5) is 0 Å². The predicted molar refractivity (Wildman–Crippen MR) is 104 cm³/mol. The lowest BCUT2D eigenvalue weighted by atomic mass is 9.75. The quantitative estimate of drug-likeness (QED) is 0.629. The fourth-order valence-corrected chi connectivity index (χ4v) is 4.25. The van der Waals surface area contributed by atoms with Crippen molar-refractivity contribution in [3.05, 3.63) is 100 Å². The van der Waals surface area contributed by atoms with Crippen LogP contribution < -0.4 is 14.2 Å². The van der Waals surface area contributed by atoms with Crippen molar-refractivity contribution in [1.82, 2.24) is 0 Å². The summed E-state index contributed by atoms with van der Waals surface area (Å²) in [5, 5.41) is 0. The molecule has 0 radical (unpaired) electrons. The van der Waals surface area contributed by atoms with Crippen molar-refractivity contribution in [2.75, 3.05) is 6.79 Å². The molecule has 1 atom stereocenters. The van der Waals surface area contributed by atoms with Crippen LogP contribution in [0.5, 0.6) is 17.2 Å². The fourth-order valence-electron chi connectivity index (χ4n) is 4.25. The number of hydrogen-bond acceptors (Lipinski definition) is 5. The van der Waals surface area contributed by atoms with Crippen LogP contribution >= 0.6 is 0 Å². The minimum absolute atomic E-state index is 0.0916. The molecular formula is C24H14O5. The molecule has 0 spiro atoms. The average Bonchev–Trinajstić information content (AvgIpc) is 3.22. The normalized spacial score (nSPS) is 18.7. The molecule has 29 heavy (non-hydrogen) atoms. The summed E-state index contributed by atoms with van der Waals surface area (Å²) in [6.07, 6.45) is 0. The van der Waals surface area contributed by atoms with Crippen LogP contribution in [-0.2, 0) is 0 Å². The molecule has 1 aliphatic carbocycles. The SMILES string of the molecule is O=C1C2=C(C(=O)c3ccccc31)C(c1ccccc1)c1cc3c(cc1O2)OCO3. The number of fused-ring (bicyclic) bond motifs is 3. The maximum Gasteiger partial charge on any atom is 0.231 e. The zero-order valence-corrected chi connectivity index (χ0v) is 15.2. The molecule has 3 aromatic rings. The van der Waals surface area contributed by atoms with Gasteiger partial charge in [-0.15, -0.1) is 0 Å². The molecule has 6 rings (SSSR count). The van der Waals surface area contributed by atoms with Crippen LogP contribution in [0.2, 0.25) is 0 Å². The van der Waals surface area contributed by atoms with Gasteiger partial charge < -0.3 is 14.2 Å². The number of ketones is 2. The number of allylic oxidation sites excluding steroid dienone is 2. The Morgan fingerprint density at radius 2 is 1.38 bits per heavy atom. The Hall–Kier alpha value is -3.86. The highest BCUT2D eigenvalue weighted by atomic mass is 16.7. The highest BCUT2D eigenvalue weighted by molar-refractivity contribution is 6.27. The summed E-state index contributed by atoms with van der Waals surface area (Å²) >= 11 is 0. The lowest BCUT2D eigenvalue weighted by Crippen LogP contribution is -2.31. The number of Topliss-reactive ketones (excluding diaryl/α,β-unsaturated/α-hetero) is 2. The molecule has 1 unspecified atom stereocenters. The Labute approximate surface area is 166 Å². The molecule has 0 amide bonds. The van der Waals surface area contributed by atoms with Crippen molar-refractivity contribution in [2.24, 2.45) is 0 Å². The fraction of sp³-hybridized carbons (Fsp3) is 0.0833. The second-order valence-electron chi connectivity index (χ2n) is 7.14. The van der Waals surface area contributed by atoms with Crippen molar-refractivity contribution < 1.29 is 23.8 Å². The average molecular weight is 382 g/mol. The molecule has 0 aromatic heterocycles. The van der Waals surface area contributed by atoms with Gasteiger partial charge in [-0.1, -0.05) is 54.6 Å². The van der Waals surface area contributed by atoms with Crippen molar-refractivity contribution in [1.29, 1.82) is 0 Å². The smallest absolute Gasteiger partial charge is 0.231 e. The first-order valence-corrected chi connectivity index (χ1v) is 9.31. The first-order chi connectivity index (χ1) is 14.2. The molecule has 0 saturated carbocycles. The minimum atomic E-state index is -0.436. The molecule has 0 fully saturated rings. The highest BCUT2D eigenvalue weighted by Gasteiger charge is 2.43. The first kappa shape index (κ1) is 16.1. The maximum absolute atomic E-state index is 13.5. The molecule has 0 bridgehead atoms. The molecule has 0 saturated heterocycles. The minimum Gasteiger partial charge on any atom is -0.454 e. The molecule has 2 aliphatic heterocycles. The van der Waals surface area contributed by atoms with E-state index in [1.165, 1.54) is 0 Å². The zero-order valence-electron chi connectivity index (χ0n) is 15.2. The molecule has 5 nitrogen and oxygen atoms in total. The molecule has 0 N–H and O–H groups in total. The Morgan fingerprint density at radius 3 is 2.14 bits per heavy atom. The van der Waals surface area contributed by atoms with Crippen molar-refractivity contribution >= 4 is 11.6 Å². The summed E-state index contributed by atoms with van der Waals surface area (Å²) in [6, 6.07) is 20.1. The van der Waals surface area contributed by atoms with Gasteiger partial charge in [0.25, 0.3) is 0 Å². The second-order valence-corrected chi connectivity index (χ2v) is 7.14. The Bertz CT molecular complexity index is 1240. The van der Waals surface area contributed by atoms with Gasteiger partial charge in [0.1, 0.15) is 5.75 Å². The van der Waals surface area contributed by atoms with Gasteiger partial charge in [0.15, 0.2) is 23.0 Å². The monoisotopic (exact) mass is 382 g/mol. The van der Waals surface area contributed by atoms with Gasteiger partial charge >= 0.3 is 0 Å². The third kappa shape index (κ3) is 2.21. The zero-order chi connectivity index (χ0) is 19.5. The number of ether oxygens (including phenoxy) is 3. The number of rotatable bonds is 1. The van der Waals surface area contributed by atoms with Gasteiger partial charge in [0, 0.05) is 28.7 Å². The van der Waals surface area contributed by atoms with E-state index in [0.717, 1.165) is 11.1 Å². The molecule has 2 heterocycles. The number of benzene rings is 3. The van der Waals surface area contributed by atoms with Crippen LogP contribution in [0.25, 0.3) is 0 Å². The summed E-state index contributed by atoms with van der Waals surface area (Å²) in [5.74, 6) is 0.860. The second kappa shape index (κ2) is 5.82. The molecule has 3 aromatic carbocycles. The summed E-state index contributed by atoms with van der Waals surface area (Å²) < 4.78 is 17.0. The van der Waals surface area contributed by atoms with Crippen molar-refractivity contribution in [3.63, 3.8) is 0 Å². The van der Waals surface area contributed by atoms with Gasteiger partial charge in [-0.25, -0.2) is 0 Å². The third-order valence-corrected chi connectivity index (χ3v) is 5.56. The predicted octanol–water partition coefficient (Wildman–Crippen LogP) is 4.27. The Morgan fingerprint density at radius 1 is 0.724 bits per heavy atom.